The first-order valence-corrected chi connectivity index (χ1v) is 11.0. The molecule has 33 heavy (non-hydrogen) atoms. The van der Waals surface area contributed by atoms with Gasteiger partial charge in [-0.3, -0.25) is 4.79 Å². The van der Waals surface area contributed by atoms with E-state index in [2.05, 4.69) is 27.3 Å². The molecule has 7 nitrogen and oxygen atoms in total. The summed E-state index contributed by atoms with van der Waals surface area (Å²) in [5, 5.41) is 0.839. The van der Waals surface area contributed by atoms with Crippen molar-refractivity contribution in [1.82, 2.24) is 19.4 Å². The summed E-state index contributed by atoms with van der Waals surface area (Å²) in [6.07, 6.45) is 5.91. The number of aromatic nitrogens is 3. The number of nitrogen functional groups attached to an aromatic ring is 1. The van der Waals surface area contributed by atoms with E-state index in [1.807, 2.05) is 59.5 Å². The molecular formula is C26H25N5O2. The Morgan fingerprint density at radius 1 is 1.12 bits per heavy atom. The van der Waals surface area contributed by atoms with Gasteiger partial charge < -0.3 is 19.9 Å². The number of para-hydroxylation sites is 1. The zero-order valence-electron chi connectivity index (χ0n) is 18.2. The highest BCUT2D eigenvalue weighted by molar-refractivity contribution is 6.00. The highest BCUT2D eigenvalue weighted by Crippen LogP contribution is 2.35. The molecule has 3 heterocycles. The van der Waals surface area contributed by atoms with Crippen LogP contribution in [0.3, 0.4) is 0 Å². The first-order valence-electron chi connectivity index (χ1n) is 11.0. The molecule has 1 fully saturated rings. The van der Waals surface area contributed by atoms with E-state index in [-0.39, 0.29) is 5.91 Å². The number of rotatable bonds is 6. The summed E-state index contributed by atoms with van der Waals surface area (Å²) < 4.78 is 8.05. The van der Waals surface area contributed by atoms with Gasteiger partial charge in [0.1, 0.15) is 29.3 Å². The number of likely N-dealkylation sites (tertiary alicyclic amines) is 1. The lowest BCUT2D eigenvalue weighted by Crippen LogP contribution is -2.27. The topological polar surface area (TPSA) is 86.3 Å². The zero-order valence-corrected chi connectivity index (χ0v) is 18.2. The zero-order chi connectivity index (χ0) is 22.8. The molecule has 1 atom stereocenters. The van der Waals surface area contributed by atoms with Crippen LogP contribution in [0, 0.1) is 5.92 Å². The highest BCUT2D eigenvalue weighted by atomic mass is 16.5. The molecule has 2 aromatic carbocycles. The quantitative estimate of drug-likeness (QED) is 0.447. The maximum atomic E-state index is 12.0. The van der Waals surface area contributed by atoms with Crippen molar-refractivity contribution in [2.75, 3.05) is 18.8 Å². The smallest absolute Gasteiger partial charge is 0.245 e. The SMILES string of the molecule is C=CC(=O)N1CC[C@@H](Cn2cc(-c3ccc(Oc4ccccc4)cc3)c3c(N)ncnc32)C1. The second-order valence-electron chi connectivity index (χ2n) is 8.24. The van der Waals surface area contributed by atoms with Crippen LogP contribution in [0.1, 0.15) is 6.42 Å². The van der Waals surface area contributed by atoms with Crippen LogP contribution in [0.15, 0.2) is 79.8 Å². The Hall–Kier alpha value is -4.13. The van der Waals surface area contributed by atoms with E-state index in [0.717, 1.165) is 53.2 Å². The van der Waals surface area contributed by atoms with Gasteiger partial charge in [-0.1, -0.05) is 36.9 Å². The first-order chi connectivity index (χ1) is 16.1. The van der Waals surface area contributed by atoms with Crippen molar-refractivity contribution in [2.24, 2.45) is 5.92 Å². The van der Waals surface area contributed by atoms with Gasteiger partial charge in [0, 0.05) is 31.4 Å². The Kier molecular flexibility index (Phi) is 5.52. The summed E-state index contributed by atoms with van der Waals surface area (Å²) in [4.78, 5) is 22.5. The third-order valence-electron chi connectivity index (χ3n) is 6.05. The summed E-state index contributed by atoms with van der Waals surface area (Å²) in [6.45, 7) is 5.81. The molecule has 1 aliphatic heterocycles. The average molecular weight is 440 g/mol. The maximum Gasteiger partial charge on any atom is 0.245 e. The van der Waals surface area contributed by atoms with Gasteiger partial charge in [-0.25, -0.2) is 9.97 Å². The van der Waals surface area contributed by atoms with Crippen LogP contribution < -0.4 is 10.5 Å². The predicted molar refractivity (Wildman–Crippen MR) is 129 cm³/mol. The molecule has 0 unspecified atom stereocenters. The van der Waals surface area contributed by atoms with E-state index in [0.29, 0.717) is 18.3 Å². The summed E-state index contributed by atoms with van der Waals surface area (Å²) in [6, 6.07) is 17.6. The Balaban J connectivity index is 1.43. The van der Waals surface area contributed by atoms with Crippen LogP contribution in [0.5, 0.6) is 11.5 Å². The van der Waals surface area contributed by atoms with Gasteiger partial charge in [0.2, 0.25) is 5.91 Å². The minimum absolute atomic E-state index is 0.0139. The van der Waals surface area contributed by atoms with Gasteiger partial charge in [0.15, 0.2) is 0 Å². The second-order valence-corrected chi connectivity index (χ2v) is 8.24. The molecule has 1 aliphatic rings. The third-order valence-corrected chi connectivity index (χ3v) is 6.05. The Labute approximate surface area is 192 Å². The van der Waals surface area contributed by atoms with E-state index in [4.69, 9.17) is 10.5 Å². The summed E-state index contributed by atoms with van der Waals surface area (Å²) in [7, 11) is 0. The Morgan fingerprint density at radius 3 is 2.64 bits per heavy atom. The van der Waals surface area contributed by atoms with Gasteiger partial charge in [0.25, 0.3) is 0 Å². The highest BCUT2D eigenvalue weighted by Gasteiger charge is 2.26. The number of fused-ring (bicyclic) bond motifs is 1. The first kappa shape index (κ1) is 20.8. The van der Waals surface area contributed by atoms with E-state index < -0.39 is 0 Å². The lowest BCUT2D eigenvalue weighted by molar-refractivity contribution is -0.125. The van der Waals surface area contributed by atoms with Crippen LogP contribution in [0.2, 0.25) is 0 Å². The number of amides is 1. The number of nitrogens with zero attached hydrogens (tertiary/aromatic N) is 4. The van der Waals surface area contributed by atoms with E-state index in [1.54, 1.807) is 0 Å². The molecule has 1 amide bonds. The second kappa shape index (κ2) is 8.78. The summed E-state index contributed by atoms with van der Waals surface area (Å²) >= 11 is 0. The van der Waals surface area contributed by atoms with Crippen LogP contribution in [-0.2, 0) is 11.3 Å². The van der Waals surface area contributed by atoms with Crippen LogP contribution in [0.4, 0.5) is 5.82 Å². The van der Waals surface area contributed by atoms with Gasteiger partial charge in [-0.2, -0.15) is 0 Å². The normalized spacial score (nSPS) is 15.6. The molecule has 0 aliphatic carbocycles. The number of ether oxygens (including phenoxy) is 1. The predicted octanol–water partition coefficient (Wildman–Crippen LogP) is 4.51. The van der Waals surface area contributed by atoms with E-state index >= 15 is 0 Å². The number of hydrogen-bond donors (Lipinski definition) is 1. The summed E-state index contributed by atoms with van der Waals surface area (Å²) in [5.41, 5.74) is 9.06. The molecule has 1 saturated heterocycles. The van der Waals surface area contributed by atoms with Crippen molar-refractivity contribution in [2.45, 2.75) is 13.0 Å². The molecule has 0 spiro atoms. The molecule has 4 aromatic rings. The fraction of sp³-hybridized carbons (Fsp3) is 0.192. The van der Waals surface area contributed by atoms with Crippen molar-refractivity contribution < 1.29 is 9.53 Å². The average Bonchev–Trinajstić information content (AvgIpc) is 3.46. The number of nitrogens with two attached hydrogens (primary N) is 1. The van der Waals surface area contributed by atoms with Crippen molar-refractivity contribution in [3.63, 3.8) is 0 Å². The maximum absolute atomic E-state index is 12.0. The molecule has 2 aromatic heterocycles. The fourth-order valence-corrected chi connectivity index (χ4v) is 4.42. The minimum atomic E-state index is -0.0139. The van der Waals surface area contributed by atoms with E-state index in [9.17, 15) is 4.79 Å². The van der Waals surface area contributed by atoms with Crippen molar-refractivity contribution in [3.8, 4) is 22.6 Å². The lowest BCUT2D eigenvalue weighted by Gasteiger charge is -2.15. The van der Waals surface area contributed by atoms with Crippen LogP contribution >= 0.6 is 0 Å². The van der Waals surface area contributed by atoms with Crippen molar-refractivity contribution in [3.05, 3.63) is 79.8 Å². The number of hydrogen-bond acceptors (Lipinski definition) is 5. The van der Waals surface area contributed by atoms with Gasteiger partial charge in [-0.05, 0) is 48.2 Å². The molecule has 2 N–H and O–H groups in total. The molecule has 0 radical (unpaired) electrons. The standard InChI is InChI=1S/C26H25N5O2/c1-2-23(32)30-13-12-18(14-30)15-31-16-22(24-25(27)28-17-29-26(24)31)19-8-10-21(11-9-19)33-20-6-4-3-5-7-20/h2-11,16-18H,1,12-15H2,(H2,27,28,29)/t18-/m1/s1. The number of anilines is 1. The monoisotopic (exact) mass is 439 g/mol. The molecule has 0 bridgehead atoms. The lowest BCUT2D eigenvalue weighted by atomic mass is 10.1. The van der Waals surface area contributed by atoms with Gasteiger partial charge >= 0.3 is 0 Å². The van der Waals surface area contributed by atoms with Gasteiger partial charge in [0.05, 0.1) is 5.39 Å². The number of carbonyl (C=O) groups is 1. The van der Waals surface area contributed by atoms with Crippen molar-refractivity contribution >= 4 is 22.8 Å². The molecule has 0 saturated carbocycles. The summed E-state index contributed by atoms with van der Waals surface area (Å²) in [5.74, 6) is 2.33. The fourth-order valence-electron chi connectivity index (χ4n) is 4.42. The number of benzene rings is 2. The van der Waals surface area contributed by atoms with E-state index in [1.165, 1.54) is 12.4 Å². The Morgan fingerprint density at radius 2 is 1.88 bits per heavy atom. The minimum Gasteiger partial charge on any atom is -0.457 e. The third kappa shape index (κ3) is 4.17. The Bertz CT molecular complexity index is 1300. The molecule has 7 heteroatoms. The largest absolute Gasteiger partial charge is 0.457 e. The van der Waals surface area contributed by atoms with Crippen LogP contribution in [0.25, 0.3) is 22.2 Å². The van der Waals surface area contributed by atoms with Crippen LogP contribution in [-0.4, -0.2) is 38.4 Å². The van der Waals surface area contributed by atoms with Gasteiger partial charge in [-0.15, -0.1) is 0 Å². The number of carbonyl (C=O) groups excluding carboxylic acids is 1. The molecule has 166 valence electrons. The molecular weight excluding hydrogens is 414 g/mol. The molecule has 5 rings (SSSR count). The van der Waals surface area contributed by atoms with Crippen molar-refractivity contribution in [1.29, 1.82) is 0 Å².